The van der Waals surface area contributed by atoms with Crippen molar-refractivity contribution in [1.29, 1.82) is 0 Å². The number of nitrogens with two attached hydrogens (primary N) is 1. The van der Waals surface area contributed by atoms with Gasteiger partial charge in [0.15, 0.2) is 0 Å². The Kier molecular flexibility index (Phi) is 5.44. The van der Waals surface area contributed by atoms with Crippen LogP contribution >= 0.6 is 15.9 Å². The number of aryl methyl sites for hydroxylation is 1. The van der Waals surface area contributed by atoms with Crippen LogP contribution in [-0.4, -0.2) is 17.4 Å². The summed E-state index contributed by atoms with van der Waals surface area (Å²) in [5.74, 6) is -0.531. The van der Waals surface area contributed by atoms with E-state index in [1.165, 1.54) is 6.07 Å². The van der Waals surface area contributed by atoms with E-state index in [4.69, 9.17) is 5.73 Å². The first kappa shape index (κ1) is 15.6. The Labute approximate surface area is 119 Å². The van der Waals surface area contributed by atoms with E-state index in [0.29, 0.717) is 22.1 Å². The van der Waals surface area contributed by atoms with Crippen molar-refractivity contribution >= 4 is 33.2 Å². The number of nitro groups is 1. The Morgan fingerprint density at radius 1 is 1.58 bits per heavy atom. The molecule has 0 saturated heterocycles. The lowest BCUT2D eigenvalue weighted by molar-refractivity contribution is -0.385. The molecule has 0 spiro atoms. The predicted octanol–water partition coefficient (Wildman–Crippen LogP) is 2.59. The third-order valence-electron chi connectivity index (χ3n) is 2.89. The van der Waals surface area contributed by atoms with Crippen LogP contribution in [0.5, 0.6) is 0 Å². The van der Waals surface area contributed by atoms with E-state index < -0.39 is 4.92 Å². The predicted molar refractivity (Wildman–Crippen MR) is 77.0 cm³/mol. The van der Waals surface area contributed by atoms with Gasteiger partial charge in [0, 0.05) is 22.6 Å². The van der Waals surface area contributed by atoms with Crippen LogP contribution in [0.1, 0.15) is 18.9 Å². The molecular weight excluding hydrogens is 314 g/mol. The molecule has 1 aromatic carbocycles. The minimum Gasteiger partial charge on any atom is -0.330 e. The lowest BCUT2D eigenvalue weighted by Gasteiger charge is -2.14. The van der Waals surface area contributed by atoms with Gasteiger partial charge in [-0.1, -0.05) is 6.92 Å². The van der Waals surface area contributed by atoms with E-state index in [9.17, 15) is 14.9 Å². The highest BCUT2D eigenvalue weighted by Gasteiger charge is 2.19. The van der Waals surface area contributed by atoms with Crippen LogP contribution in [-0.2, 0) is 4.79 Å². The van der Waals surface area contributed by atoms with Gasteiger partial charge in [0.05, 0.1) is 16.5 Å². The van der Waals surface area contributed by atoms with E-state index in [1.807, 2.05) is 6.92 Å². The number of hydrogen-bond donors (Lipinski definition) is 2. The first-order chi connectivity index (χ1) is 8.90. The van der Waals surface area contributed by atoms with E-state index >= 15 is 0 Å². The maximum absolute atomic E-state index is 11.9. The topological polar surface area (TPSA) is 98.3 Å². The second-order valence-corrected chi connectivity index (χ2v) is 5.06. The number of amides is 1. The monoisotopic (exact) mass is 329 g/mol. The molecule has 0 aliphatic rings. The van der Waals surface area contributed by atoms with Crippen molar-refractivity contribution in [3.8, 4) is 0 Å². The van der Waals surface area contributed by atoms with Crippen molar-refractivity contribution in [2.24, 2.45) is 11.7 Å². The normalized spacial score (nSPS) is 12.0. The van der Waals surface area contributed by atoms with Gasteiger partial charge in [0.2, 0.25) is 5.91 Å². The Bertz CT molecular complexity index is 501. The standard InChI is InChI=1S/C12H16BrN3O3/c1-3-8(6-14)12(17)15-10-5-11(16(18)19)7(2)4-9(10)13/h4-5,8H,3,6,14H2,1-2H3,(H,15,17). The molecule has 0 radical (unpaired) electrons. The highest BCUT2D eigenvalue weighted by Crippen LogP contribution is 2.30. The minimum absolute atomic E-state index is 0.0284. The largest absolute Gasteiger partial charge is 0.330 e. The summed E-state index contributed by atoms with van der Waals surface area (Å²) in [4.78, 5) is 22.3. The summed E-state index contributed by atoms with van der Waals surface area (Å²) < 4.78 is 0.607. The molecule has 1 atom stereocenters. The lowest BCUT2D eigenvalue weighted by atomic mass is 10.1. The molecule has 1 unspecified atom stereocenters. The number of nitrogens with one attached hydrogen (secondary N) is 1. The van der Waals surface area contributed by atoms with Gasteiger partial charge < -0.3 is 11.1 Å². The molecule has 104 valence electrons. The van der Waals surface area contributed by atoms with E-state index in [1.54, 1.807) is 13.0 Å². The molecular formula is C12H16BrN3O3. The summed E-state index contributed by atoms with van der Waals surface area (Å²) in [6.45, 7) is 3.75. The summed E-state index contributed by atoms with van der Waals surface area (Å²) >= 11 is 3.28. The van der Waals surface area contributed by atoms with Crippen LogP contribution in [0.25, 0.3) is 0 Å². The van der Waals surface area contributed by atoms with Crippen LogP contribution in [0.4, 0.5) is 11.4 Å². The Morgan fingerprint density at radius 2 is 2.21 bits per heavy atom. The average molecular weight is 330 g/mol. The molecule has 0 saturated carbocycles. The molecule has 0 aliphatic carbocycles. The molecule has 0 aliphatic heterocycles. The molecule has 1 aromatic rings. The van der Waals surface area contributed by atoms with Crippen molar-refractivity contribution in [1.82, 2.24) is 0 Å². The smallest absolute Gasteiger partial charge is 0.274 e. The molecule has 7 heteroatoms. The van der Waals surface area contributed by atoms with Crippen LogP contribution in [0.15, 0.2) is 16.6 Å². The summed E-state index contributed by atoms with van der Waals surface area (Å²) in [5, 5.41) is 13.5. The van der Waals surface area contributed by atoms with Crippen LogP contribution < -0.4 is 11.1 Å². The zero-order valence-corrected chi connectivity index (χ0v) is 12.4. The second kappa shape index (κ2) is 6.63. The third-order valence-corrected chi connectivity index (χ3v) is 3.54. The number of nitro benzene ring substituents is 1. The molecule has 19 heavy (non-hydrogen) atoms. The quantitative estimate of drug-likeness (QED) is 0.640. The number of nitrogens with zero attached hydrogens (tertiary/aromatic N) is 1. The Balaban J connectivity index is 3.04. The number of benzene rings is 1. The van der Waals surface area contributed by atoms with E-state index in [2.05, 4.69) is 21.2 Å². The molecule has 3 N–H and O–H groups in total. The van der Waals surface area contributed by atoms with Gasteiger partial charge in [0.1, 0.15) is 0 Å². The molecule has 0 aromatic heterocycles. The first-order valence-electron chi connectivity index (χ1n) is 5.86. The van der Waals surface area contributed by atoms with Crippen molar-refractivity contribution in [3.05, 3.63) is 32.3 Å². The minimum atomic E-state index is -0.475. The van der Waals surface area contributed by atoms with Crippen molar-refractivity contribution in [3.63, 3.8) is 0 Å². The number of carbonyl (C=O) groups is 1. The third kappa shape index (κ3) is 3.74. The number of carbonyl (C=O) groups excluding carboxylic acids is 1. The summed E-state index contributed by atoms with van der Waals surface area (Å²) in [5.41, 5.74) is 6.38. The molecule has 0 fully saturated rings. The summed E-state index contributed by atoms with van der Waals surface area (Å²) in [6.07, 6.45) is 0.619. The zero-order valence-electron chi connectivity index (χ0n) is 10.8. The Morgan fingerprint density at radius 3 is 2.68 bits per heavy atom. The summed E-state index contributed by atoms with van der Waals surface area (Å²) in [6, 6.07) is 2.96. The lowest BCUT2D eigenvalue weighted by Crippen LogP contribution is -2.28. The fourth-order valence-corrected chi connectivity index (χ4v) is 2.20. The fraction of sp³-hybridized carbons (Fsp3) is 0.417. The molecule has 1 rings (SSSR count). The molecule has 0 heterocycles. The van der Waals surface area contributed by atoms with Gasteiger partial charge in [-0.05, 0) is 35.3 Å². The van der Waals surface area contributed by atoms with Crippen molar-refractivity contribution < 1.29 is 9.72 Å². The summed E-state index contributed by atoms with van der Waals surface area (Å²) in [7, 11) is 0. The highest BCUT2D eigenvalue weighted by molar-refractivity contribution is 9.10. The molecule has 0 bridgehead atoms. The SMILES string of the molecule is CCC(CN)C(=O)Nc1cc([N+](=O)[O-])c(C)cc1Br. The van der Waals surface area contributed by atoms with Gasteiger partial charge in [-0.25, -0.2) is 0 Å². The van der Waals surface area contributed by atoms with Gasteiger partial charge >= 0.3 is 0 Å². The highest BCUT2D eigenvalue weighted by atomic mass is 79.9. The number of rotatable bonds is 5. The van der Waals surface area contributed by atoms with Crippen molar-refractivity contribution in [2.75, 3.05) is 11.9 Å². The zero-order chi connectivity index (χ0) is 14.6. The van der Waals surface area contributed by atoms with E-state index in [0.717, 1.165) is 0 Å². The second-order valence-electron chi connectivity index (χ2n) is 4.21. The van der Waals surface area contributed by atoms with Gasteiger partial charge in [-0.15, -0.1) is 0 Å². The maximum atomic E-state index is 11.9. The maximum Gasteiger partial charge on any atom is 0.274 e. The van der Waals surface area contributed by atoms with Crippen LogP contribution in [0, 0.1) is 23.0 Å². The number of anilines is 1. The van der Waals surface area contributed by atoms with Crippen molar-refractivity contribution in [2.45, 2.75) is 20.3 Å². The van der Waals surface area contributed by atoms with Crippen LogP contribution in [0.2, 0.25) is 0 Å². The molecule has 1 amide bonds. The van der Waals surface area contributed by atoms with Gasteiger partial charge in [0.25, 0.3) is 5.69 Å². The van der Waals surface area contributed by atoms with Gasteiger partial charge in [-0.2, -0.15) is 0 Å². The number of halogens is 1. The fourth-order valence-electron chi connectivity index (χ4n) is 1.65. The van der Waals surface area contributed by atoms with E-state index in [-0.39, 0.29) is 24.1 Å². The average Bonchev–Trinajstić information content (AvgIpc) is 2.33. The number of hydrogen-bond acceptors (Lipinski definition) is 4. The Hall–Kier alpha value is -1.47. The van der Waals surface area contributed by atoms with Gasteiger partial charge in [-0.3, -0.25) is 14.9 Å². The first-order valence-corrected chi connectivity index (χ1v) is 6.65. The van der Waals surface area contributed by atoms with Crippen LogP contribution in [0.3, 0.4) is 0 Å². The molecule has 6 nitrogen and oxygen atoms in total.